The summed E-state index contributed by atoms with van der Waals surface area (Å²) in [6, 6.07) is 8.43. The summed E-state index contributed by atoms with van der Waals surface area (Å²) in [5, 5.41) is 3.42. The van der Waals surface area contributed by atoms with E-state index in [1.54, 1.807) is 0 Å². The molecular weight excluding hydrogens is 190 g/mol. The lowest BCUT2D eigenvalue weighted by Crippen LogP contribution is -2.25. The highest BCUT2D eigenvalue weighted by Gasteiger charge is 2.08. The Kier molecular flexibility index (Phi) is 5.35. The van der Waals surface area contributed by atoms with Gasteiger partial charge in [0.05, 0.1) is 0 Å². The van der Waals surface area contributed by atoms with Crippen LogP contribution in [0.4, 0.5) is 5.69 Å². The molecule has 3 heteroatoms. The van der Waals surface area contributed by atoms with Crippen LogP contribution in [-0.4, -0.2) is 11.7 Å². The van der Waals surface area contributed by atoms with Gasteiger partial charge in [-0.2, -0.15) is 9.59 Å². The number of hydrogen-bond donors (Lipinski definition) is 1. The SMILES string of the molecule is Cc1cccc(NC(C)(C)C)c1.O=C=O. The summed E-state index contributed by atoms with van der Waals surface area (Å²) in [6.45, 7) is 8.59. The van der Waals surface area contributed by atoms with E-state index >= 15 is 0 Å². The molecule has 0 unspecified atom stereocenters. The molecule has 0 atom stereocenters. The molecule has 0 aliphatic carbocycles. The van der Waals surface area contributed by atoms with E-state index in [9.17, 15) is 0 Å². The van der Waals surface area contributed by atoms with Gasteiger partial charge < -0.3 is 5.32 Å². The van der Waals surface area contributed by atoms with E-state index < -0.39 is 0 Å². The zero-order valence-corrected chi connectivity index (χ0v) is 9.63. The third kappa shape index (κ3) is 7.47. The summed E-state index contributed by atoms with van der Waals surface area (Å²) < 4.78 is 0. The molecule has 1 aromatic carbocycles. The quantitative estimate of drug-likeness (QED) is 0.770. The van der Waals surface area contributed by atoms with Crippen LogP contribution in [0.5, 0.6) is 0 Å². The number of nitrogens with one attached hydrogen (secondary N) is 1. The predicted molar refractivity (Wildman–Crippen MR) is 59.6 cm³/mol. The Morgan fingerprint density at radius 3 is 2.13 bits per heavy atom. The first-order valence-corrected chi connectivity index (χ1v) is 4.73. The zero-order valence-electron chi connectivity index (χ0n) is 9.63. The van der Waals surface area contributed by atoms with E-state index in [1.807, 2.05) is 0 Å². The van der Waals surface area contributed by atoms with E-state index in [0.717, 1.165) is 0 Å². The Morgan fingerprint density at radius 1 is 1.20 bits per heavy atom. The molecule has 1 aromatic rings. The Hall–Kier alpha value is -1.60. The van der Waals surface area contributed by atoms with Gasteiger partial charge in [-0.15, -0.1) is 0 Å². The second-order valence-corrected chi connectivity index (χ2v) is 4.33. The fourth-order valence-electron chi connectivity index (χ4n) is 1.16. The molecule has 1 rings (SSSR count). The number of carbonyl (C=O) groups excluding carboxylic acids is 2. The average molecular weight is 207 g/mol. The highest BCUT2D eigenvalue weighted by Crippen LogP contribution is 2.15. The van der Waals surface area contributed by atoms with Crippen molar-refractivity contribution < 1.29 is 9.59 Å². The first-order valence-electron chi connectivity index (χ1n) is 4.73. The van der Waals surface area contributed by atoms with Crippen LogP contribution in [0.15, 0.2) is 24.3 Å². The minimum Gasteiger partial charge on any atom is -0.380 e. The normalized spacial score (nSPS) is 9.60. The maximum absolute atomic E-state index is 8.12. The maximum Gasteiger partial charge on any atom is 0.373 e. The van der Waals surface area contributed by atoms with Crippen molar-refractivity contribution in [1.29, 1.82) is 0 Å². The van der Waals surface area contributed by atoms with Crippen molar-refractivity contribution in [2.24, 2.45) is 0 Å². The van der Waals surface area contributed by atoms with Crippen LogP contribution < -0.4 is 5.32 Å². The van der Waals surface area contributed by atoms with E-state index in [-0.39, 0.29) is 11.7 Å². The lowest BCUT2D eigenvalue weighted by molar-refractivity contribution is -0.191. The van der Waals surface area contributed by atoms with E-state index in [2.05, 4.69) is 57.3 Å². The van der Waals surface area contributed by atoms with Gasteiger partial charge in [-0.1, -0.05) is 12.1 Å². The lowest BCUT2D eigenvalue weighted by atomic mass is 10.1. The maximum atomic E-state index is 8.12. The summed E-state index contributed by atoms with van der Waals surface area (Å²) in [7, 11) is 0. The summed E-state index contributed by atoms with van der Waals surface area (Å²) >= 11 is 0. The Morgan fingerprint density at radius 2 is 1.73 bits per heavy atom. The number of benzene rings is 1. The van der Waals surface area contributed by atoms with Crippen LogP contribution in [0.3, 0.4) is 0 Å². The van der Waals surface area contributed by atoms with Gasteiger partial charge in [0.2, 0.25) is 0 Å². The molecule has 0 fully saturated rings. The van der Waals surface area contributed by atoms with Gasteiger partial charge in [-0.3, -0.25) is 0 Å². The minimum absolute atomic E-state index is 0.147. The van der Waals surface area contributed by atoms with E-state index in [0.29, 0.717) is 0 Å². The second-order valence-electron chi connectivity index (χ2n) is 4.33. The van der Waals surface area contributed by atoms with Gasteiger partial charge in [0.25, 0.3) is 0 Å². The van der Waals surface area contributed by atoms with Crippen LogP contribution >= 0.6 is 0 Å². The molecule has 0 radical (unpaired) electrons. The molecule has 0 heterocycles. The van der Waals surface area contributed by atoms with Crippen LogP contribution in [0.2, 0.25) is 0 Å². The van der Waals surface area contributed by atoms with Gasteiger partial charge in [-0.25, -0.2) is 0 Å². The third-order valence-electron chi connectivity index (χ3n) is 1.54. The van der Waals surface area contributed by atoms with Crippen molar-refractivity contribution in [2.45, 2.75) is 33.2 Å². The van der Waals surface area contributed by atoms with Crippen LogP contribution in [-0.2, 0) is 9.59 Å². The number of anilines is 1. The monoisotopic (exact) mass is 207 g/mol. The third-order valence-corrected chi connectivity index (χ3v) is 1.54. The molecule has 0 saturated carbocycles. The van der Waals surface area contributed by atoms with Crippen LogP contribution in [0.25, 0.3) is 0 Å². The molecule has 15 heavy (non-hydrogen) atoms. The summed E-state index contributed by atoms with van der Waals surface area (Å²) in [4.78, 5) is 16.2. The molecular formula is C12H17NO2. The summed E-state index contributed by atoms with van der Waals surface area (Å²) in [5.41, 5.74) is 2.64. The van der Waals surface area contributed by atoms with E-state index in [1.165, 1.54) is 11.3 Å². The molecule has 0 aromatic heterocycles. The van der Waals surface area contributed by atoms with Gasteiger partial charge in [0.15, 0.2) is 0 Å². The predicted octanol–water partition coefficient (Wildman–Crippen LogP) is 2.62. The van der Waals surface area contributed by atoms with E-state index in [4.69, 9.17) is 9.59 Å². The first-order chi connectivity index (χ1) is 6.89. The van der Waals surface area contributed by atoms with Crippen molar-refractivity contribution in [1.82, 2.24) is 0 Å². The molecule has 0 aliphatic heterocycles. The lowest BCUT2D eigenvalue weighted by Gasteiger charge is -2.22. The number of aryl methyl sites for hydroxylation is 1. The second kappa shape index (κ2) is 5.99. The highest BCUT2D eigenvalue weighted by atomic mass is 16.2. The molecule has 1 N–H and O–H groups in total. The van der Waals surface area contributed by atoms with Crippen molar-refractivity contribution in [3.8, 4) is 0 Å². The molecule has 0 aliphatic rings. The van der Waals surface area contributed by atoms with Crippen molar-refractivity contribution in [3.63, 3.8) is 0 Å². The zero-order chi connectivity index (χ0) is 11.9. The highest BCUT2D eigenvalue weighted by molar-refractivity contribution is 5.46. The Balaban J connectivity index is 0.000000583. The Bertz CT molecular complexity index is 334. The molecule has 0 saturated heterocycles. The average Bonchev–Trinajstić information content (AvgIpc) is 2.01. The molecule has 82 valence electrons. The van der Waals surface area contributed by atoms with Gasteiger partial charge in [-0.05, 0) is 45.4 Å². The van der Waals surface area contributed by atoms with Gasteiger partial charge in [0, 0.05) is 11.2 Å². The fourth-order valence-corrected chi connectivity index (χ4v) is 1.16. The first kappa shape index (κ1) is 13.4. The molecule has 3 nitrogen and oxygen atoms in total. The van der Waals surface area contributed by atoms with Crippen molar-refractivity contribution in [3.05, 3.63) is 29.8 Å². The van der Waals surface area contributed by atoms with Crippen molar-refractivity contribution >= 4 is 11.8 Å². The van der Waals surface area contributed by atoms with Crippen molar-refractivity contribution in [2.75, 3.05) is 5.32 Å². The fraction of sp³-hybridized carbons (Fsp3) is 0.417. The summed E-state index contributed by atoms with van der Waals surface area (Å²) in [6.07, 6.45) is 0.250. The topological polar surface area (TPSA) is 46.2 Å². The van der Waals surface area contributed by atoms with Crippen LogP contribution in [0.1, 0.15) is 26.3 Å². The molecule has 0 amide bonds. The number of hydrogen-bond acceptors (Lipinski definition) is 3. The smallest absolute Gasteiger partial charge is 0.373 e. The standard InChI is InChI=1S/C11H17N.CO2/c1-9-6-5-7-10(8-9)12-11(2,3)4;2-1-3/h5-8,12H,1-4H3;. The van der Waals surface area contributed by atoms with Gasteiger partial charge in [0.1, 0.15) is 0 Å². The molecule has 0 spiro atoms. The summed E-state index contributed by atoms with van der Waals surface area (Å²) in [5.74, 6) is 0. The largest absolute Gasteiger partial charge is 0.380 e. The minimum atomic E-state index is 0.147. The number of rotatable bonds is 1. The molecule has 0 bridgehead atoms. The van der Waals surface area contributed by atoms with Crippen LogP contribution in [0, 0.1) is 6.92 Å². The Labute approximate surface area is 90.5 Å². The van der Waals surface area contributed by atoms with Gasteiger partial charge >= 0.3 is 6.15 Å².